The van der Waals surface area contributed by atoms with Gasteiger partial charge in [-0.2, -0.15) is 0 Å². The molecule has 0 amide bonds. The van der Waals surface area contributed by atoms with Gasteiger partial charge in [0.05, 0.1) is 16.4 Å². The molecular formula is C54H36N2O. The summed E-state index contributed by atoms with van der Waals surface area (Å²) in [6.45, 7) is 0. The molecule has 0 unspecified atom stereocenters. The predicted molar refractivity (Wildman–Crippen MR) is 239 cm³/mol. The summed E-state index contributed by atoms with van der Waals surface area (Å²) in [5.74, 6) is 0. The van der Waals surface area contributed by atoms with Crippen molar-refractivity contribution in [3.8, 4) is 39.1 Å². The van der Waals surface area contributed by atoms with Crippen molar-refractivity contribution in [3.63, 3.8) is 0 Å². The van der Waals surface area contributed by atoms with E-state index in [9.17, 15) is 0 Å². The molecule has 268 valence electrons. The lowest BCUT2D eigenvalue weighted by atomic mass is 9.97. The van der Waals surface area contributed by atoms with Gasteiger partial charge in [0, 0.05) is 44.5 Å². The molecule has 2 aromatic heterocycles. The van der Waals surface area contributed by atoms with E-state index in [0.717, 1.165) is 72.2 Å². The summed E-state index contributed by atoms with van der Waals surface area (Å²) < 4.78 is 9.11. The van der Waals surface area contributed by atoms with Crippen LogP contribution in [0.2, 0.25) is 0 Å². The van der Waals surface area contributed by atoms with Crippen molar-refractivity contribution in [2.24, 2.45) is 0 Å². The third kappa shape index (κ3) is 5.60. The Morgan fingerprint density at radius 2 is 0.825 bits per heavy atom. The fourth-order valence-electron chi connectivity index (χ4n) is 8.50. The van der Waals surface area contributed by atoms with Gasteiger partial charge in [-0.25, -0.2) is 0 Å². The Hall–Kier alpha value is -7.62. The molecule has 0 saturated carbocycles. The van der Waals surface area contributed by atoms with Crippen LogP contribution in [0.25, 0.3) is 82.8 Å². The smallest absolute Gasteiger partial charge is 0.145 e. The highest BCUT2D eigenvalue weighted by molar-refractivity contribution is 6.27. The van der Waals surface area contributed by atoms with Gasteiger partial charge in [0.1, 0.15) is 11.2 Å². The van der Waals surface area contributed by atoms with Crippen LogP contribution in [-0.2, 0) is 0 Å². The summed E-state index contributed by atoms with van der Waals surface area (Å²) in [5.41, 5.74) is 15.5. The summed E-state index contributed by atoms with van der Waals surface area (Å²) in [7, 11) is 0. The Labute approximate surface area is 330 Å². The molecule has 11 rings (SSSR count). The van der Waals surface area contributed by atoms with E-state index in [1.807, 2.05) is 6.07 Å². The van der Waals surface area contributed by atoms with Crippen molar-refractivity contribution < 1.29 is 4.42 Å². The molecule has 0 aliphatic rings. The zero-order chi connectivity index (χ0) is 37.7. The van der Waals surface area contributed by atoms with Crippen LogP contribution < -0.4 is 4.90 Å². The van der Waals surface area contributed by atoms with Crippen molar-refractivity contribution in [1.29, 1.82) is 0 Å². The zero-order valence-corrected chi connectivity index (χ0v) is 31.1. The van der Waals surface area contributed by atoms with Crippen LogP contribution >= 0.6 is 0 Å². The second-order valence-electron chi connectivity index (χ2n) is 14.5. The molecule has 2 heterocycles. The molecule has 0 N–H and O–H groups in total. The van der Waals surface area contributed by atoms with Crippen LogP contribution in [0.4, 0.5) is 17.1 Å². The van der Waals surface area contributed by atoms with E-state index in [2.05, 4.69) is 222 Å². The highest BCUT2D eigenvalue weighted by Crippen LogP contribution is 2.46. The number of hydrogen-bond acceptors (Lipinski definition) is 2. The zero-order valence-electron chi connectivity index (χ0n) is 31.1. The molecule has 0 fully saturated rings. The first-order valence-electron chi connectivity index (χ1n) is 19.4. The monoisotopic (exact) mass is 728 g/mol. The van der Waals surface area contributed by atoms with Crippen LogP contribution in [0, 0.1) is 0 Å². The van der Waals surface area contributed by atoms with Crippen LogP contribution in [-0.4, -0.2) is 4.57 Å². The van der Waals surface area contributed by atoms with E-state index < -0.39 is 0 Å². The Kier molecular flexibility index (Phi) is 7.82. The molecule has 0 spiro atoms. The third-order valence-electron chi connectivity index (χ3n) is 11.2. The molecule has 9 aromatic carbocycles. The topological polar surface area (TPSA) is 21.3 Å². The minimum absolute atomic E-state index is 0.894. The third-order valence-corrected chi connectivity index (χ3v) is 11.2. The van der Waals surface area contributed by atoms with E-state index in [-0.39, 0.29) is 0 Å². The van der Waals surface area contributed by atoms with Gasteiger partial charge in [0.15, 0.2) is 0 Å². The molecule has 3 heteroatoms. The van der Waals surface area contributed by atoms with Gasteiger partial charge in [0.2, 0.25) is 0 Å². The average Bonchev–Trinajstić information content (AvgIpc) is 3.84. The maximum Gasteiger partial charge on any atom is 0.145 e. The minimum Gasteiger partial charge on any atom is -0.455 e. The predicted octanol–water partition coefficient (Wildman–Crippen LogP) is 15.2. The lowest BCUT2D eigenvalue weighted by Crippen LogP contribution is -2.09. The second-order valence-corrected chi connectivity index (χ2v) is 14.5. The molecular weight excluding hydrogens is 693 g/mol. The van der Waals surface area contributed by atoms with Crippen molar-refractivity contribution in [2.45, 2.75) is 0 Å². The quantitative estimate of drug-likeness (QED) is 0.163. The number of anilines is 3. The van der Waals surface area contributed by atoms with Crippen molar-refractivity contribution in [1.82, 2.24) is 4.57 Å². The van der Waals surface area contributed by atoms with Crippen LogP contribution in [0.3, 0.4) is 0 Å². The number of para-hydroxylation sites is 3. The van der Waals surface area contributed by atoms with Crippen molar-refractivity contribution >= 4 is 60.8 Å². The summed E-state index contributed by atoms with van der Waals surface area (Å²) in [5, 5.41) is 4.53. The first-order valence-corrected chi connectivity index (χ1v) is 19.4. The van der Waals surface area contributed by atoms with E-state index in [1.54, 1.807) is 0 Å². The molecule has 0 bridgehead atoms. The lowest BCUT2D eigenvalue weighted by molar-refractivity contribution is 0.673. The highest BCUT2D eigenvalue weighted by atomic mass is 16.3. The summed E-state index contributed by atoms with van der Waals surface area (Å²) in [4.78, 5) is 2.34. The first kappa shape index (κ1) is 32.8. The van der Waals surface area contributed by atoms with Crippen LogP contribution in [0.1, 0.15) is 0 Å². The van der Waals surface area contributed by atoms with Crippen LogP contribution in [0.15, 0.2) is 223 Å². The minimum atomic E-state index is 0.894. The number of rotatable bonds is 7. The first-order chi connectivity index (χ1) is 28.3. The number of furan rings is 1. The Balaban J connectivity index is 1.10. The Morgan fingerprint density at radius 1 is 0.368 bits per heavy atom. The molecule has 0 aliphatic carbocycles. The summed E-state index contributed by atoms with van der Waals surface area (Å²) in [6.07, 6.45) is 0. The van der Waals surface area contributed by atoms with E-state index in [4.69, 9.17) is 4.42 Å². The van der Waals surface area contributed by atoms with E-state index in [0.29, 0.717) is 0 Å². The van der Waals surface area contributed by atoms with Gasteiger partial charge < -0.3 is 13.9 Å². The molecule has 0 radical (unpaired) electrons. The Morgan fingerprint density at radius 3 is 1.40 bits per heavy atom. The number of fused-ring (bicyclic) bond motifs is 7. The molecule has 57 heavy (non-hydrogen) atoms. The Bertz CT molecular complexity index is 3100. The fourth-order valence-corrected chi connectivity index (χ4v) is 8.50. The van der Waals surface area contributed by atoms with Gasteiger partial charge >= 0.3 is 0 Å². The van der Waals surface area contributed by atoms with E-state index in [1.165, 1.54) is 27.6 Å². The average molecular weight is 729 g/mol. The summed E-state index contributed by atoms with van der Waals surface area (Å²) >= 11 is 0. The fraction of sp³-hybridized carbons (Fsp3) is 0. The SMILES string of the molecule is c1ccc(-c2ccc(N(c3ccc(-c4ccccc4)cc3)c3ccc(-c4cc5c6ccccc6oc5c5c6ccccc6n(-c6ccccc6)c45)cc3)cc2)cc1. The van der Waals surface area contributed by atoms with Gasteiger partial charge in [-0.3, -0.25) is 0 Å². The van der Waals surface area contributed by atoms with Gasteiger partial charge in [0.25, 0.3) is 0 Å². The molecule has 11 aromatic rings. The van der Waals surface area contributed by atoms with Crippen molar-refractivity contribution in [3.05, 3.63) is 218 Å². The highest BCUT2D eigenvalue weighted by Gasteiger charge is 2.23. The maximum atomic E-state index is 6.72. The van der Waals surface area contributed by atoms with Gasteiger partial charge in [-0.15, -0.1) is 0 Å². The number of benzene rings is 9. The van der Waals surface area contributed by atoms with Crippen LogP contribution in [0.5, 0.6) is 0 Å². The number of nitrogens with zero attached hydrogens (tertiary/aromatic N) is 2. The normalized spacial score (nSPS) is 11.5. The maximum absolute atomic E-state index is 6.72. The van der Waals surface area contributed by atoms with E-state index >= 15 is 0 Å². The number of hydrogen-bond donors (Lipinski definition) is 0. The lowest BCUT2D eigenvalue weighted by Gasteiger charge is -2.26. The van der Waals surface area contributed by atoms with Gasteiger partial charge in [-0.05, 0) is 94.5 Å². The van der Waals surface area contributed by atoms with Gasteiger partial charge in [-0.1, -0.05) is 152 Å². The molecule has 0 aliphatic heterocycles. The number of aromatic nitrogens is 1. The second kappa shape index (κ2) is 13.6. The summed E-state index contributed by atoms with van der Waals surface area (Å²) in [6, 6.07) is 78.0. The molecule has 3 nitrogen and oxygen atoms in total. The van der Waals surface area contributed by atoms with Crippen molar-refractivity contribution in [2.75, 3.05) is 4.90 Å². The molecule has 0 atom stereocenters. The molecule has 0 saturated heterocycles. The standard InChI is InChI=1S/C54H36N2O/c1-4-14-37(15-5-1)39-24-30-43(31-25-39)55(44-32-26-40(27-33-44)38-16-6-2-7-17-38)45-34-28-41(29-35-45)48-36-49-46-20-11-13-23-51(46)57-54(49)52-47-21-10-12-22-50(47)56(53(48)52)42-18-8-3-9-19-42/h1-36H. The largest absolute Gasteiger partial charge is 0.455 e.